The smallest absolute Gasteiger partial charge is 0.0206 e. The quantitative estimate of drug-likeness (QED) is 0.865. The van der Waals surface area contributed by atoms with Crippen LogP contribution in [0.3, 0.4) is 0 Å². The van der Waals surface area contributed by atoms with Crippen LogP contribution in [0.4, 0.5) is 0 Å². The molecule has 0 aromatic heterocycles. The molecule has 1 aromatic rings. The molecule has 1 aliphatic carbocycles. The predicted molar refractivity (Wildman–Crippen MR) is 75.7 cm³/mol. The molecule has 0 saturated carbocycles. The molecule has 1 aliphatic heterocycles. The van der Waals surface area contributed by atoms with E-state index in [0.717, 1.165) is 12.5 Å². The second kappa shape index (κ2) is 5.02. The van der Waals surface area contributed by atoms with Crippen LogP contribution in [-0.2, 0) is 6.42 Å². The van der Waals surface area contributed by atoms with Crippen LogP contribution in [0, 0.1) is 5.92 Å². The summed E-state index contributed by atoms with van der Waals surface area (Å²) >= 11 is 0. The monoisotopic (exact) mass is 244 g/mol. The third-order valence-corrected chi connectivity index (χ3v) is 4.72. The minimum atomic E-state index is 0.379. The highest BCUT2D eigenvalue weighted by molar-refractivity contribution is 5.32. The summed E-state index contributed by atoms with van der Waals surface area (Å²) in [6, 6.07) is 9.38. The molecule has 1 heterocycles. The first-order valence-corrected chi connectivity index (χ1v) is 7.30. The topological polar surface area (TPSA) is 29.3 Å². The van der Waals surface area contributed by atoms with Crippen LogP contribution < -0.4 is 5.73 Å². The van der Waals surface area contributed by atoms with Gasteiger partial charge in [0.05, 0.1) is 0 Å². The molecule has 3 rings (SSSR count). The van der Waals surface area contributed by atoms with Gasteiger partial charge in [0, 0.05) is 25.7 Å². The highest BCUT2D eigenvalue weighted by Crippen LogP contribution is 2.33. The van der Waals surface area contributed by atoms with Crippen LogP contribution in [0.2, 0.25) is 0 Å². The Morgan fingerprint density at radius 2 is 2.11 bits per heavy atom. The van der Waals surface area contributed by atoms with Crippen molar-refractivity contribution in [3.8, 4) is 0 Å². The van der Waals surface area contributed by atoms with Gasteiger partial charge >= 0.3 is 0 Å². The second-order valence-corrected chi connectivity index (χ2v) is 6.15. The van der Waals surface area contributed by atoms with Gasteiger partial charge in [-0.25, -0.2) is 0 Å². The molecule has 1 fully saturated rings. The average Bonchev–Trinajstić information content (AvgIpc) is 2.69. The number of nitrogens with zero attached hydrogens (tertiary/aromatic N) is 1. The SMILES string of the molecule is CC1CN(CC2CCCc3ccccc32)CC1N. The summed E-state index contributed by atoms with van der Waals surface area (Å²) in [5, 5.41) is 0. The Balaban J connectivity index is 1.71. The Morgan fingerprint density at radius 1 is 1.28 bits per heavy atom. The van der Waals surface area contributed by atoms with Crippen molar-refractivity contribution in [2.75, 3.05) is 19.6 Å². The van der Waals surface area contributed by atoms with Crippen molar-refractivity contribution in [3.05, 3.63) is 35.4 Å². The number of nitrogens with two attached hydrogens (primary N) is 1. The first-order valence-electron chi connectivity index (χ1n) is 7.30. The van der Waals surface area contributed by atoms with Gasteiger partial charge in [0.15, 0.2) is 0 Å². The van der Waals surface area contributed by atoms with E-state index in [1.54, 1.807) is 11.1 Å². The number of fused-ring (bicyclic) bond motifs is 1. The number of likely N-dealkylation sites (tertiary alicyclic amines) is 1. The number of hydrogen-bond acceptors (Lipinski definition) is 2. The van der Waals surface area contributed by atoms with Gasteiger partial charge in [-0.1, -0.05) is 31.2 Å². The van der Waals surface area contributed by atoms with Crippen LogP contribution in [0.1, 0.15) is 36.8 Å². The number of benzene rings is 1. The Morgan fingerprint density at radius 3 is 2.89 bits per heavy atom. The maximum absolute atomic E-state index is 6.13. The maximum Gasteiger partial charge on any atom is 0.0206 e. The van der Waals surface area contributed by atoms with E-state index in [4.69, 9.17) is 5.73 Å². The summed E-state index contributed by atoms with van der Waals surface area (Å²) in [5.41, 5.74) is 9.30. The summed E-state index contributed by atoms with van der Waals surface area (Å²) < 4.78 is 0. The molecule has 0 spiro atoms. The van der Waals surface area contributed by atoms with E-state index >= 15 is 0 Å². The van der Waals surface area contributed by atoms with Crippen LogP contribution in [0.5, 0.6) is 0 Å². The second-order valence-electron chi connectivity index (χ2n) is 6.15. The van der Waals surface area contributed by atoms with Crippen molar-refractivity contribution >= 4 is 0 Å². The normalized spacial score (nSPS) is 32.4. The van der Waals surface area contributed by atoms with Gasteiger partial charge in [-0.05, 0) is 42.2 Å². The Labute approximate surface area is 110 Å². The van der Waals surface area contributed by atoms with Gasteiger partial charge in [-0.15, -0.1) is 0 Å². The van der Waals surface area contributed by atoms with E-state index < -0.39 is 0 Å². The lowest BCUT2D eigenvalue weighted by Crippen LogP contribution is -2.31. The first kappa shape index (κ1) is 12.2. The Hall–Kier alpha value is -0.860. The van der Waals surface area contributed by atoms with Crippen molar-refractivity contribution in [1.82, 2.24) is 4.90 Å². The van der Waals surface area contributed by atoms with E-state index in [-0.39, 0.29) is 0 Å². The highest BCUT2D eigenvalue weighted by atomic mass is 15.2. The van der Waals surface area contributed by atoms with Crippen molar-refractivity contribution in [3.63, 3.8) is 0 Å². The third kappa shape index (κ3) is 2.32. The zero-order chi connectivity index (χ0) is 12.5. The Kier molecular flexibility index (Phi) is 3.40. The zero-order valence-corrected chi connectivity index (χ0v) is 11.3. The zero-order valence-electron chi connectivity index (χ0n) is 11.3. The minimum Gasteiger partial charge on any atom is -0.326 e. The number of rotatable bonds is 2. The minimum absolute atomic E-state index is 0.379. The summed E-state index contributed by atoms with van der Waals surface area (Å²) in [6.45, 7) is 5.74. The number of aryl methyl sites for hydroxylation is 1. The van der Waals surface area contributed by atoms with Crippen LogP contribution >= 0.6 is 0 Å². The molecular formula is C16H24N2. The molecule has 3 unspecified atom stereocenters. The summed E-state index contributed by atoms with van der Waals surface area (Å²) in [7, 11) is 0. The highest BCUT2D eigenvalue weighted by Gasteiger charge is 2.29. The van der Waals surface area contributed by atoms with Crippen LogP contribution in [0.25, 0.3) is 0 Å². The lowest BCUT2D eigenvalue weighted by Gasteiger charge is -2.29. The van der Waals surface area contributed by atoms with Crippen molar-refractivity contribution in [2.24, 2.45) is 11.7 Å². The third-order valence-electron chi connectivity index (χ3n) is 4.72. The maximum atomic E-state index is 6.13. The van der Waals surface area contributed by atoms with Gasteiger partial charge in [0.25, 0.3) is 0 Å². The molecule has 1 saturated heterocycles. The summed E-state index contributed by atoms with van der Waals surface area (Å²) in [6.07, 6.45) is 3.96. The van der Waals surface area contributed by atoms with Gasteiger partial charge in [-0.2, -0.15) is 0 Å². The van der Waals surface area contributed by atoms with Gasteiger partial charge < -0.3 is 10.6 Å². The molecular weight excluding hydrogens is 220 g/mol. The van der Waals surface area contributed by atoms with Crippen LogP contribution in [0.15, 0.2) is 24.3 Å². The summed E-state index contributed by atoms with van der Waals surface area (Å²) in [4.78, 5) is 2.57. The lowest BCUT2D eigenvalue weighted by atomic mass is 9.82. The van der Waals surface area contributed by atoms with Crippen molar-refractivity contribution in [2.45, 2.75) is 38.1 Å². The fourth-order valence-electron chi connectivity index (χ4n) is 3.60. The molecule has 0 radical (unpaired) electrons. The first-order chi connectivity index (χ1) is 8.74. The standard InChI is InChI=1S/C16H24N2/c1-12-9-18(11-16(12)17)10-14-7-4-6-13-5-2-3-8-15(13)14/h2-3,5,8,12,14,16H,4,6-7,9-11,17H2,1H3. The molecule has 18 heavy (non-hydrogen) atoms. The van der Waals surface area contributed by atoms with E-state index in [1.807, 2.05) is 0 Å². The van der Waals surface area contributed by atoms with Crippen molar-refractivity contribution < 1.29 is 0 Å². The number of hydrogen-bond donors (Lipinski definition) is 1. The molecule has 2 nitrogen and oxygen atoms in total. The molecule has 0 bridgehead atoms. The molecule has 98 valence electrons. The lowest BCUT2D eigenvalue weighted by molar-refractivity contribution is 0.291. The molecule has 0 amide bonds. The van der Waals surface area contributed by atoms with Gasteiger partial charge in [0.1, 0.15) is 0 Å². The average molecular weight is 244 g/mol. The fourth-order valence-corrected chi connectivity index (χ4v) is 3.60. The van der Waals surface area contributed by atoms with Crippen LogP contribution in [-0.4, -0.2) is 30.6 Å². The van der Waals surface area contributed by atoms with Gasteiger partial charge in [-0.3, -0.25) is 0 Å². The van der Waals surface area contributed by atoms with E-state index in [1.165, 1.54) is 32.4 Å². The molecule has 2 aliphatic rings. The fraction of sp³-hybridized carbons (Fsp3) is 0.625. The van der Waals surface area contributed by atoms with Crippen molar-refractivity contribution in [1.29, 1.82) is 0 Å². The summed E-state index contributed by atoms with van der Waals surface area (Å²) in [5.74, 6) is 1.39. The van der Waals surface area contributed by atoms with E-state index in [0.29, 0.717) is 12.0 Å². The predicted octanol–water partition coefficient (Wildman–Crippen LogP) is 2.39. The molecule has 2 heteroatoms. The molecule has 2 N–H and O–H groups in total. The van der Waals surface area contributed by atoms with Gasteiger partial charge in [0.2, 0.25) is 0 Å². The van der Waals surface area contributed by atoms with E-state index in [2.05, 4.69) is 36.1 Å². The molecule has 1 aromatic carbocycles. The molecule has 3 atom stereocenters. The largest absolute Gasteiger partial charge is 0.326 e. The van der Waals surface area contributed by atoms with E-state index in [9.17, 15) is 0 Å². The Bertz CT molecular complexity index is 405.